The van der Waals surface area contributed by atoms with E-state index in [1.165, 1.54) is 0 Å². The molecule has 2 heterocycles. The Hall–Kier alpha value is -0.650. The number of hydrogen-bond acceptors (Lipinski definition) is 4. The van der Waals surface area contributed by atoms with Crippen LogP contribution in [0, 0.1) is 0 Å². The minimum atomic E-state index is -0.528. The van der Waals surface area contributed by atoms with Crippen molar-refractivity contribution in [1.82, 2.24) is 4.90 Å². The van der Waals surface area contributed by atoms with Crippen LogP contribution in [0.1, 0.15) is 32.6 Å². The third-order valence-electron chi connectivity index (χ3n) is 3.51. The van der Waals surface area contributed by atoms with Crippen LogP contribution >= 0.6 is 0 Å². The lowest BCUT2D eigenvalue weighted by molar-refractivity contribution is -0.153. The maximum atomic E-state index is 12.1. The van der Waals surface area contributed by atoms with Crippen molar-refractivity contribution < 1.29 is 14.3 Å². The van der Waals surface area contributed by atoms with Gasteiger partial charge < -0.3 is 20.1 Å². The second-order valence-corrected chi connectivity index (χ2v) is 4.87. The van der Waals surface area contributed by atoms with E-state index in [9.17, 15) is 4.79 Å². The number of hydrogen-bond donors (Lipinski definition) is 1. The summed E-state index contributed by atoms with van der Waals surface area (Å²) in [7, 11) is 0. The van der Waals surface area contributed by atoms with Gasteiger partial charge in [-0.1, -0.05) is 19.8 Å². The molecule has 2 fully saturated rings. The molecule has 0 bridgehead atoms. The minimum Gasteiger partial charge on any atom is -0.346 e. The van der Waals surface area contributed by atoms with Crippen LogP contribution in [0.25, 0.3) is 0 Å². The highest BCUT2D eigenvalue weighted by molar-refractivity contribution is 5.82. The van der Waals surface area contributed by atoms with Gasteiger partial charge in [-0.25, -0.2) is 0 Å². The van der Waals surface area contributed by atoms with Gasteiger partial charge in [0.2, 0.25) is 5.91 Å². The van der Waals surface area contributed by atoms with Crippen molar-refractivity contribution in [2.24, 2.45) is 5.73 Å². The molecule has 98 valence electrons. The van der Waals surface area contributed by atoms with Gasteiger partial charge >= 0.3 is 0 Å². The van der Waals surface area contributed by atoms with Crippen LogP contribution in [0.15, 0.2) is 0 Å². The molecule has 17 heavy (non-hydrogen) atoms. The Morgan fingerprint density at radius 2 is 2.18 bits per heavy atom. The van der Waals surface area contributed by atoms with Crippen molar-refractivity contribution in [2.45, 2.75) is 44.4 Å². The number of rotatable bonds is 4. The minimum absolute atomic E-state index is 0.0365. The van der Waals surface area contributed by atoms with E-state index in [1.54, 1.807) is 4.90 Å². The second-order valence-electron chi connectivity index (χ2n) is 4.87. The van der Waals surface area contributed by atoms with Gasteiger partial charge in [-0.15, -0.1) is 0 Å². The molecule has 0 aromatic heterocycles. The fraction of sp³-hybridized carbons (Fsp3) is 0.917. The third kappa shape index (κ3) is 2.78. The topological polar surface area (TPSA) is 64.8 Å². The standard InChI is InChI=1S/C12H22N2O3/c1-2-3-4-10(13)11(15)14-6-5-12(9-14)16-7-8-17-12/h10H,2-9,13H2,1H3. The largest absolute Gasteiger partial charge is 0.346 e. The van der Waals surface area contributed by atoms with E-state index in [0.717, 1.165) is 25.7 Å². The smallest absolute Gasteiger partial charge is 0.239 e. The molecule has 2 rings (SSSR count). The Morgan fingerprint density at radius 3 is 2.82 bits per heavy atom. The summed E-state index contributed by atoms with van der Waals surface area (Å²) < 4.78 is 11.2. The number of carbonyl (C=O) groups is 1. The summed E-state index contributed by atoms with van der Waals surface area (Å²) in [5.74, 6) is -0.491. The maximum Gasteiger partial charge on any atom is 0.239 e. The molecule has 0 aliphatic carbocycles. The van der Waals surface area contributed by atoms with Crippen LogP contribution < -0.4 is 5.73 Å². The Kier molecular flexibility index (Phi) is 4.01. The molecule has 1 spiro atoms. The predicted molar refractivity (Wildman–Crippen MR) is 63.3 cm³/mol. The quantitative estimate of drug-likeness (QED) is 0.778. The lowest BCUT2D eigenvalue weighted by Gasteiger charge is -2.24. The molecule has 2 N–H and O–H groups in total. The second kappa shape index (κ2) is 5.33. The van der Waals surface area contributed by atoms with Crippen molar-refractivity contribution in [3.63, 3.8) is 0 Å². The predicted octanol–water partition coefficient (Wildman–Crippen LogP) is 0.479. The van der Waals surface area contributed by atoms with Gasteiger partial charge in [0.25, 0.3) is 0 Å². The number of likely N-dealkylation sites (tertiary alicyclic amines) is 1. The van der Waals surface area contributed by atoms with Gasteiger partial charge in [-0.3, -0.25) is 4.79 Å². The van der Waals surface area contributed by atoms with Gasteiger partial charge in [-0.2, -0.15) is 0 Å². The van der Waals surface area contributed by atoms with Crippen molar-refractivity contribution >= 4 is 5.91 Å². The number of nitrogens with zero attached hydrogens (tertiary/aromatic N) is 1. The summed E-state index contributed by atoms with van der Waals surface area (Å²) >= 11 is 0. The lowest BCUT2D eigenvalue weighted by atomic mass is 10.1. The molecule has 1 atom stereocenters. The molecule has 1 amide bonds. The Morgan fingerprint density at radius 1 is 1.47 bits per heavy atom. The molecule has 0 aromatic carbocycles. The molecule has 2 aliphatic rings. The van der Waals surface area contributed by atoms with E-state index in [-0.39, 0.29) is 11.9 Å². The Bertz CT molecular complexity index is 277. The summed E-state index contributed by atoms with van der Waals surface area (Å²) in [6.07, 6.45) is 3.59. The van der Waals surface area contributed by atoms with Gasteiger partial charge in [0.15, 0.2) is 5.79 Å². The molecule has 2 aliphatic heterocycles. The number of nitrogens with two attached hydrogens (primary N) is 1. The molecule has 0 saturated carbocycles. The summed E-state index contributed by atoms with van der Waals surface area (Å²) in [6.45, 7) is 4.58. The van der Waals surface area contributed by atoms with E-state index >= 15 is 0 Å². The number of amides is 1. The molecular formula is C12H22N2O3. The first-order valence-electron chi connectivity index (χ1n) is 6.49. The van der Waals surface area contributed by atoms with Crippen LogP contribution in [0.4, 0.5) is 0 Å². The summed E-state index contributed by atoms with van der Waals surface area (Å²) in [4.78, 5) is 13.9. The number of ether oxygens (including phenoxy) is 2. The molecular weight excluding hydrogens is 220 g/mol. The van der Waals surface area contributed by atoms with E-state index in [1.807, 2.05) is 0 Å². The lowest BCUT2D eigenvalue weighted by Crippen LogP contribution is -2.44. The Balaban J connectivity index is 1.85. The summed E-state index contributed by atoms with van der Waals surface area (Å²) in [5, 5.41) is 0. The molecule has 5 heteroatoms. The van der Waals surface area contributed by atoms with Crippen LogP contribution in [-0.4, -0.2) is 48.9 Å². The molecule has 2 saturated heterocycles. The first kappa shape index (κ1) is 12.8. The average Bonchev–Trinajstić information content (AvgIpc) is 2.96. The van der Waals surface area contributed by atoms with Crippen molar-refractivity contribution in [3.05, 3.63) is 0 Å². The first-order chi connectivity index (χ1) is 8.17. The average molecular weight is 242 g/mol. The number of carbonyl (C=O) groups excluding carboxylic acids is 1. The fourth-order valence-electron chi connectivity index (χ4n) is 2.46. The number of unbranched alkanes of at least 4 members (excludes halogenated alkanes) is 1. The highest BCUT2D eigenvalue weighted by Gasteiger charge is 2.45. The van der Waals surface area contributed by atoms with E-state index in [4.69, 9.17) is 15.2 Å². The van der Waals surface area contributed by atoms with Gasteiger partial charge in [-0.05, 0) is 6.42 Å². The summed E-state index contributed by atoms with van der Waals surface area (Å²) in [6, 6.07) is -0.369. The fourth-order valence-corrected chi connectivity index (χ4v) is 2.46. The van der Waals surface area contributed by atoms with Crippen LogP contribution in [0.3, 0.4) is 0 Å². The molecule has 1 unspecified atom stereocenters. The van der Waals surface area contributed by atoms with Crippen molar-refractivity contribution in [1.29, 1.82) is 0 Å². The van der Waals surface area contributed by atoms with E-state index in [2.05, 4.69) is 6.92 Å². The molecule has 5 nitrogen and oxygen atoms in total. The van der Waals surface area contributed by atoms with Crippen LogP contribution in [0.2, 0.25) is 0 Å². The van der Waals surface area contributed by atoms with Gasteiger partial charge in [0, 0.05) is 13.0 Å². The first-order valence-corrected chi connectivity index (χ1v) is 6.49. The maximum absolute atomic E-state index is 12.1. The highest BCUT2D eigenvalue weighted by Crippen LogP contribution is 2.30. The van der Waals surface area contributed by atoms with Gasteiger partial charge in [0.1, 0.15) is 0 Å². The SMILES string of the molecule is CCCCC(N)C(=O)N1CCC2(C1)OCCO2. The van der Waals surface area contributed by atoms with Gasteiger partial charge in [0.05, 0.1) is 25.8 Å². The molecule has 0 aromatic rings. The normalized spacial score (nSPS) is 24.5. The van der Waals surface area contributed by atoms with Crippen molar-refractivity contribution in [2.75, 3.05) is 26.3 Å². The third-order valence-corrected chi connectivity index (χ3v) is 3.51. The summed E-state index contributed by atoms with van der Waals surface area (Å²) in [5.41, 5.74) is 5.90. The van der Waals surface area contributed by atoms with E-state index in [0.29, 0.717) is 26.3 Å². The molecule has 0 radical (unpaired) electrons. The monoisotopic (exact) mass is 242 g/mol. The van der Waals surface area contributed by atoms with Crippen molar-refractivity contribution in [3.8, 4) is 0 Å². The zero-order chi connectivity index (χ0) is 12.3. The highest BCUT2D eigenvalue weighted by atomic mass is 16.7. The van der Waals surface area contributed by atoms with Crippen LogP contribution in [0.5, 0.6) is 0 Å². The zero-order valence-corrected chi connectivity index (χ0v) is 10.5. The zero-order valence-electron chi connectivity index (χ0n) is 10.5. The van der Waals surface area contributed by atoms with Crippen LogP contribution in [-0.2, 0) is 14.3 Å². The Labute approximate surface area is 102 Å². The van der Waals surface area contributed by atoms with E-state index < -0.39 is 5.79 Å².